The summed E-state index contributed by atoms with van der Waals surface area (Å²) in [5.74, 6) is 0.800. The average Bonchev–Trinajstić information content (AvgIpc) is 2.88. The van der Waals surface area contributed by atoms with Gasteiger partial charge in [0.05, 0.1) is 4.90 Å². The van der Waals surface area contributed by atoms with Crippen molar-refractivity contribution in [3.8, 4) is 0 Å². The lowest BCUT2D eigenvalue weighted by atomic mass is 9.89. The van der Waals surface area contributed by atoms with Crippen LogP contribution in [0.15, 0.2) is 35.2 Å². The van der Waals surface area contributed by atoms with Crippen LogP contribution in [0.3, 0.4) is 0 Å². The first-order valence-corrected chi connectivity index (χ1v) is 14.2. The molecule has 0 atom stereocenters. The van der Waals surface area contributed by atoms with Crippen molar-refractivity contribution in [2.75, 3.05) is 58.9 Å². The predicted molar refractivity (Wildman–Crippen MR) is 131 cm³/mol. The number of rotatable bonds is 7. The number of carbonyl (C=O) groups excluding carboxylic acids is 2. The molecule has 2 aliphatic heterocycles. The first kappa shape index (κ1) is 25.1. The standard InChI is InChI=1S/C25H38N4O4S/c30-24(27-15-13-26(14-16-27)21-22-7-3-1-4-8-22)11-12-25(31)28-17-19-29(20-18-28)34(32,33)23-9-5-2-6-10-23/h2,5-6,9-10,22H,1,3-4,7-8,11-21H2. The lowest BCUT2D eigenvalue weighted by Crippen LogP contribution is -2.51. The molecule has 1 aromatic rings. The van der Waals surface area contributed by atoms with Crippen LogP contribution < -0.4 is 0 Å². The smallest absolute Gasteiger partial charge is 0.243 e. The molecule has 4 rings (SSSR count). The van der Waals surface area contributed by atoms with Crippen LogP contribution in [0, 0.1) is 5.92 Å². The SMILES string of the molecule is O=C(CCC(=O)N1CCN(S(=O)(=O)c2ccccc2)CC1)N1CCN(CC2CCCCC2)CC1. The van der Waals surface area contributed by atoms with Gasteiger partial charge in [0.1, 0.15) is 0 Å². The second-order valence-electron chi connectivity index (χ2n) is 9.78. The lowest BCUT2D eigenvalue weighted by Gasteiger charge is -2.37. The minimum absolute atomic E-state index is 0.0518. The van der Waals surface area contributed by atoms with Crippen LogP contribution in [0.2, 0.25) is 0 Å². The third kappa shape index (κ3) is 6.37. The molecule has 2 saturated heterocycles. The summed E-state index contributed by atoms with van der Waals surface area (Å²) in [5.41, 5.74) is 0. The van der Waals surface area contributed by atoms with Crippen molar-refractivity contribution in [3.05, 3.63) is 30.3 Å². The zero-order valence-corrected chi connectivity index (χ0v) is 20.9. The van der Waals surface area contributed by atoms with E-state index in [2.05, 4.69) is 4.90 Å². The van der Waals surface area contributed by atoms with Gasteiger partial charge in [-0.3, -0.25) is 14.5 Å². The van der Waals surface area contributed by atoms with Gasteiger partial charge in [0.15, 0.2) is 0 Å². The van der Waals surface area contributed by atoms with Gasteiger partial charge in [-0.1, -0.05) is 37.5 Å². The van der Waals surface area contributed by atoms with Crippen LogP contribution in [-0.4, -0.2) is 98.1 Å². The van der Waals surface area contributed by atoms with Crippen molar-refractivity contribution in [2.24, 2.45) is 5.92 Å². The van der Waals surface area contributed by atoms with Crippen molar-refractivity contribution in [3.63, 3.8) is 0 Å². The van der Waals surface area contributed by atoms with Gasteiger partial charge in [-0.25, -0.2) is 8.42 Å². The van der Waals surface area contributed by atoms with E-state index in [1.54, 1.807) is 35.2 Å². The number of carbonyl (C=O) groups is 2. The van der Waals surface area contributed by atoms with Crippen LogP contribution in [-0.2, 0) is 19.6 Å². The average molecular weight is 491 g/mol. The van der Waals surface area contributed by atoms with Crippen molar-refractivity contribution >= 4 is 21.8 Å². The van der Waals surface area contributed by atoms with Crippen LogP contribution in [0.5, 0.6) is 0 Å². The highest BCUT2D eigenvalue weighted by molar-refractivity contribution is 7.89. The molecule has 0 unspecified atom stereocenters. The zero-order chi connectivity index (χ0) is 24.0. The highest BCUT2D eigenvalue weighted by Crippen LogP contribution is 2.25. The molecule has 3 fully saturated rings. The summed E-state index contributed by atoms with van der Waals surface area (Å²) < 4.78 is 26.9. The summed E-state index contributed by atoms with van der Waals surface area (Å²) in [5, 5.41) is 0. The topological polar surface area (TPSA) is 81.2 Å². The van der Waals surface area contributed by atoms with Gasteiger partial charge in [-0.05, 0) is 30.9 Å². The molecule has 2 amide bonds. The molecule has 188 valence electrons. The predicted octanol–water partition coefficient (Wildman–Crippen LogP) is 2.02. The molecular weight excluding hydrogens is 452 g/mol. The highest BCUT2D eigenvalue weighted by atomic mass is 32.2. The molecule has 8 nitrogen and oxygen atoms in total. The van der Waals surface area contributed by atoms with Crippen molar-refractivity contribution in [2.45, 2.75) is 49.8 Å². The fraction of sp³-hybridized carbons (Fsp3) is 0.680. The van der Waals surface area contributed by atoms with Gasteiger partial charge in [0, 0.05) is 71.7 Å². The Morgan fingerprint density at radius 2 is 1.26 bits per heavy atom. The highest BCUT2D eigenvalue weighted by Gasteiger charge is 2.30. The Labute approximate surface area is 203 Å². The van der Waals surface area contributed by atoms with Crippen molar-refractivity contribution in [1.82, 2.24) is 19.0 Å². The van der Waals surface area contributed by atoms with Crippen LogP contribution in [0.25, 0.3) is 0 Å². The van der Waals surface area contributed by atoms with E-state index in [-0.39, 0.29) is 42.6 Å². The maximum atomic E-state index is 12.8. The van der Waals surface area contributed by atoms with Gasteiger partial charge in [-0.2, -0.15) is 4.31 Å². The summed E-state index contributed by atoms with van der Waals surface area (Å²) in [4.78, 5) is 31.7. The van der Waals surface area contributed by atoms with E-state index < -0.39 is 10.0 Å². The summed E-state index contributed by atoms with van der Waals surface area (Å²) >= 11 is 0. The van der Waals surface area contributed by atoms with E-state index in [1.807, 2.05) is 4.90 Å². The number of sulfonamides is 1. The summed E-state index contributed by atoms with van der Waals surface area (Å²) in [6, 6.07) is 8.39. The Morgan fingerprint density at radius 3 is 1.82 bits per heavy atom. The number of nitrogens with zero attached hydrogens (tertiary/aromatic N) is 4. The van der Waals surface area contributed by atoms with Gasteiger partial charge in [0.2, 0.25) is 21.8 Å². The van der Waals surface area contributed by atoms with E-state index in [9.17, 15) is 18.0 Å². The van der Waals surface area contributed by atoms with E-state index in [0.29, 0.717) is 13.1 Å². The molecule has 1 saturated carbocycles. The molecule has 1 aliphatic carbocycles. The molecule has 0 radical (unpaired) electrons. The minimum Gasteiger partial charge on any atom is -0.340 e. The first-order valence-electron chi connectivity index (χ1n) is 12.8. The quantitative estimate of drug-likeness (QED) is 0.584. The van der Waals surface area contributed by atoms with E-state index in [0.717, 1.165) is 38.6 Å². The molecule has 1 aromatic carbocycles. The number of amides is 2. The van der Waals surface area contributed by atoms with E-state index in [1.165, 1.54) is 36.4 Å². The molecule has 0 aromatic heterocycles. The van der Waals surface area contributed by atoms with Crippen LogP contribution in [0.1, 0.15) is 44.9 Å². The summed E-state index contributed by atoms with van der Waals surface area (Å²) in [6.07, 6.45) is 7.18. The molecule has 3 aliphatic rings. The van der Waals surface area contributed by atoms with Gasteiger partial charge in [0.25, 0.3) is 0 Å². The molecular formula is C25H38N4O4S. The van der Waals surface area contributed by atoms with E-state index >= 15 is 0 Å². The summed E-state index contributed by atoms with van der Waals surface area (Å²) in [6.45, 7) is 5.78. The second-order valence-corrected chi connectivity index (χ2v) is 11.7. The number of hydrogen-bond acceptors (Lipinski definition) is 5. The Hall–Kier alpha value is -1.97. The second kappa shape index (κ2) is 11.6. The summed E-state index contributed by atoms with van der Waals surface area (Å²) in [7, 11) is -3.54. The number of benzene rings is 1. The van der Waals surface area contributed by atoms with Crippen LogP contribution >= 0.6 is 0 Å². The lowest BCUT2D eigenvalue weighted by molar-refractivity contribution is -0.138. The Bertz CT molecular complexity index is 917. The first-order chi connectivity index (χ1) is 16.4. The van der Waals surface area contributed by atoms with Gasteiger partial charge in [-0.15, -0.1) is 0 Å². The normalized spacial score (nSPS) is 21.5. The monoisotopic (exact) mass is 490 g/mol. The third-order valence-electron chi connectivity index (χ3n) is 7.49. The molecule has 34 heavy (non-hydrogen) atoms. The van der Waals surface area contributed by atoms with Gasteiger partial charge < -0.3 is 9.80 Å². The van der Waals surface area contributed by atoms with Crippen molar-refractivity contribution in [1.29, 1.82) is 0 Å². The van der Waals surface area contributed by atoms with Gasteiger partial charge >= 0.3 is 0 Å². The molecule has 0 spiro atoms. The maximum absolute atomic E-state index is 12.8. The van der Waals surface area contributed by atoms with Crippen molar-refractivity contribution < 1.29 is 18.0 Å². The van der Waals surface area contributed by atoms with E-state index in [4.69, 9.17) is 0 Å². The molecule has 2 heterocycles. The molecule has 0 N–H and O–H groups in total. The number of hydrogen-bond donors (Lipinski definition) is 0. The number of piperazine rings is 2. The Morgan fingerprint density at radius 1 is 0.735 bits per heavy atom. The Kier molecular flexibility index (Phi) is 8.60. The third-order valence-corrected chi connectivity index (χ3v) is 9.40. The fourth-order valence-electron chi connectivity index (χ4n) is 5.36. The molecule has 0 bridgehead atoms. The zero-order valence-electron chi connectivity index (χ0n) is 20.1. The molecule has 9 heteroatoms. The van der Waals surface area contributed by atoms with Crippen LogP contribution in [0.4, 0.5) is 0 Å². The maximum Gasteiger partial charge on any atom is 0.243 e. The minimum atomic E-state index is -3.54. The Balaban J connectivity index is 1.16. The largest absolute Gasteiger partial charge is 0.340 e. The fourth-order valence-corrected chi connectivity index (χ4v) is 6.81.